The third-order valence-electron chi connectivity index (χ3n) is 3.86. The van der Waals surface area contributed by atoms with Crippen LogP contribution in [0.15, 0.2) is 70.6 Å². The van der Waals surface area contributed by atoms with Crippen molar-refractivity contribution in [3.8, 4) is 5.75 Å². The van der Waals surface area contributed by atoms with Crippen LogP contribution in [0.3, 0.4) is 0 Å². The van der Waals surface area contributed by atoms with Crippen LogP contribution in [-0.4, -0.2) is 30.0 Å². The highest BCUT2D eigenvalue weighted by Crippen LogP contribution is 2.15. The summed E-state index contributed by atoms with van der Waals surface area (Å²) in [5.74, 6) is -0.192. The summed E-state index contributed by atoms with van der Waals surface area (Å²) in [6.45, 7) is 1.83. The molecule has 2 aromatic carbocycles. The molecule has 0 aliphatic carbocycles. The maximum Gasteiger partial charge on any atom is 0.349 e. The highest BCUT2D eigenvalue weighted by molar-refractivity contribution is 7.90. The van der Waals surface area contributed by atoms with Crippen molar-refractivity contribution in [2.45, 2.75) is 11.8 Å². The van der Waals surface area contributed by atoms with Crippen molar-refractivity contribution in [3.05, 3.63) is 82.5 Å². The predicted octanol–water partition coefficient (Wildman–Crippen LogP) is 1.89. The molecular formula is C18H16N2O5S. The Bertz CT molecular complexity index is 1120. The van der Waals surface area contributed by atoms with Crippen LogP contribution in [0, 0.1) is 6.92 Å². The van der Waals surface area contributed by atoms with Gasteiger partial charge in [0.05, 0.1) is 12.0 Å². The molecule has 0 N–H and O–H groups in total. The number of hydrogen-bond donors (Lipinski definition) is 0. The Morgan fingerprint density at radius 3 is 2.38 bits per heavy atom. The van der Waals surface area contributed by atoms with Crippen LogP contribution in [-0.2, 0) is 10.0 Å². The molecule has 26 heavy (non-hydrogen) atoms. The standard InChI is InChI=1S/C18H16N2O5S/c1-13-6-8-16(9-7-13)26(23,24)20-11-10-19(18(20)22)17(21)14-4-3-5-15(12-14)25-2/h3-12H,1-2H3. The summed E-state index contributed by atoms with van der Waals surface area (Å²) in [5, 5.41) is 0. The molecule has 0 aliphatic heterocycles. The van der Waals surface area contributed by atoms with Gasteiger partial charge in [0.1, 0.15) is 5.75 Å². The molecule has 1 heterocycles. The average Bonchev–Trinajstić information content (AvgIpc) is 3.03. The second-order valence-electron chi connectivity index (χ2n) is 5.60. The first kappa shape index (κ1) is 17.7. The Kier molecular flexibility index (Phi) is 4.52. The number of rotatable bonds is 4. The lowest BCUT2D eigenvalue weighted by atomic mass is 10.2. The van der Waals surface area contributed by atoms with E-state index in [1.165, 1.54) is 31.4 Å². The Balaban J connectivity index is 2.04. The molecule has 0 unspecified atom stereocenters. The Labute approximate surface area is 150 Å². The van der Waals surface area contributed by atoms with Crippen LogP contribution in [0.5, 0.6) is 5.75 Å². The molecule has 0 aliphatic rings. The lowest BCUT2D eigenvalue weighted by Gasteiger charge is -2.05. The fourth-order valence-electron chi connectivity index (χ4n) is 2.42. The van der Waals surface area contributed by atoms with Gasteiger partial charge in [0.25, 0.3) is 15.9 Å². The SMILES string of the molecule is COc1cccc(C(=O)n2ccn(S(=O)(=O)c3ccc(C)cc3)c2=O)c1. The second kappa shape index (κ2) is 6.64. The number of aryl methyl sites for hydroxylation is 1. The number of carbonyl (C=O) groups is 1. The van der Waals surface area contributed by atoms with E-state index in [-0.39, 0.29) is 10.5 Å². The minimum Gasteiger partial charge on any atom is -0.497 e. The first-order chi connectivity index (χ1) is 12.3. The van der Waals surface area contributed by atoms with Crippen LogP contribution < -0.4 is 10.4 Å². The molecule has 0 amide bonds. The van der Waals surface area contributed by atoms with Crippen molar-refractivity contribution in [2.24, 2.45) is 0 Å². The lowest BCUT2D eigenvalue weighted by Crippen LogP contribution is -2.32. The zero-order valence-corrected chi connectivity index (χ0v) is 14.9. The van der Waals surface area contributed by atoms with Gasteiger partial charge in [0.2, 0.25) is 0 Å². The first-order valence-corrected chi connectivity index (χ1v) is 9.09. The number of ether oxygens (including phenoxy) is 1. The maximum atomic E-state index is 12.7. The van der Waals surface area contributed by atoms with Gasteiger partial charge in [-0.15, -0.1) is 0 Å². The van der Waals surface area contributed by atoms with E-state index in [4.69, 9.17) is 4.74 Å². The monoisotopic (exact) mass is 372 g/mol. The Hall–Kier alpha value is -3.13. The highest BCUT2D eigenvalue weighted by Gasteiger charge is 2.23. The van der Waals surface area contributed by atoms with Crippen molar-refractivity contribution >= 4 is 15.9 Å². The van der Waals surface area contributed by atoms with Gasteiger partial charge in [-0.3, -0.25) is 4.79 Å². The van der Waals surface area contributed by atoms with Crippen molar-refractivity contribution in [1.29, 1.82) is 0 Å². The molecule has 0 fully saturated rings. The summed E-state index contributed by atoms with van der Waals surface area (Å²) in [4.78, 5) is 25.0. The smallest absolute Gasteiger partial charge is 0.349 e. The average molecular weight is 372 g/mol. The van der Waals surface area contributed by atoms with Gasteiger partial charge in [-0.1, -0.05) is 23.8 Å². The number of hydrogen-bond acceptors (Lipinski definition) is 5. The van der Waals surface area contributed by atoms with E-state index in [0.717, 1.165) is 22.5 Å². The summed E-state index contributed by atoms with van der Waals surface area (Å²) in [7, 11) is -2.63. The fraction of sp³-hybridized carbons (Fsp3) is 0.111. The fourth-order valence-corrected chi connectivity index (χ4v) is 3.63. The molecule has 0 saturated carbocycles. The third-order valence-corrected chi connectivity index (χ3v) is 5.52. The second-order valence-corrected chi connectivity index (χ2v) is 7.42. The van der Waals surface area contributed by atoms with E-state index in [0.29, 0.717) is 9.72 Å². The van der Waals surface area contributed by atoms with E-state index < -0.39 is 21.6 Å². The predicted molar refractivity (Wildman–Crippen MR) is 95.2 cm³/mol. The van der Waals surface area contributed by atoms with Gasteiger partial charge in [0, 0.05) is 18.0 Å². The van der Waals surface area contributed by atoms with Gasteiger partial charge >= 0.3 is 5.69 Å². The highest BCUT2D eigenvalue weighted by atomic mass is 32.2. The van der Waals surface area contributed by atoms with E-state index in [1.807, 2.05) is 6.92 Å². The zero-order valence-electron chi connectivity index (χ0n) is 14.1. The molecule has 0 saturated heterocycles. The lowest BCUT2D eigenvalue weighted by molar-refractivity contribution is 0.0955. The summed E-state index contributed by atoms with van der Waals surface area (Å²) in [6.07, 6.45) is 2.20. The van der Waals surface area contributed by atoms with Gasteiger partial charge in [-0.05, 0) is 37.3 Å². The van der Waals surface area contributed by atoms with Gasteiger partial charge in [-0.2, -0.15) is 3.97 Å². The van der Waals surface area contributed by atoms with Crippen molar-refractivity contribution in [1.82, 2.24) is 8.54 Å². The largest absolute Gasteiger partial charge is 0.497 e. The molecule has 0 bridgehead atoms. The summed E-state index contributed by atoms with van der Waals surface area (Å²) in [5.41, 5.74) is 0.136. The van der Waals surface area contributed by atoms with Crippen LogP contribution >= 0.6 is 0 Å². The summed E-state index contributed by atoms with van der Waals surface area (Å²) in [6, 6.07) is 12.4. The summed E-state index contributed by atoms with van der Waals surface area (Å²) < 4.78 is 31.7. The Morgan fingerprint density at radius 1 is 1.04 bits per heavy atom. The first-order valence-electron chi connectivity index (χ1n) is 7.65. The minimum atomic E-state index is -4.09. The zero-order chi connectivity index (χ0) is 18.9. The minimum absolute atomic E-state index is 0.0308. The molecule has 0 atom stereocenters. The number of benzene rings is 2. The molecule has 1 aromatic heterocycles. The van der Waals surface area contributed by atoms with Crippen LogP contribution in [0.25, 0.3) is 0 Å². The van der Waals surface area contributed by atoms with E-state index in [9.17, 15) is 18.0 Å². The molecule has 7 nitrogen and oxygen atoms in total. The molecule has 3 aromatic rings. The number of aromatic nitrogens is 2. The molecule has 8 heteroatoms. The van der Waals surface area contributed by atoms with Crippen molar-refractivity contribution in [3.63, 3.8) is 0 Å². The maximum absolute atomic E-state index is 12.7. The van der Waals surface area contributed by atoms with E-state index in [1.54, 1.807) is 24.3 Å². The topological polar surface area (TPSA) is 87.4 Å². The van der Waals surface area contributed by atoms with Crippen LogP contribution in [0.1, 0.15) is 15.9 Å². The quantitative estimate of drug-likeness (QED) is 0.698. The molecular weight excluding hydrogens is 356 g/mol. The van der Waals surface area contributed by atoms with Gasteiger partial charge in [-0.25, -0.2) is 17.8 Å². The van der Waals surface area contributed by atoms with E-state index in [2.05, 4.69) is 0 Å². The number of imidazole rings is 1. The third kappa shape index (κ3) is 3.06. The van der Waals surface area contributed by atoms with Crippen LogP contribution in [0.4, 0.5) is 0 Å². The van der Waals surface area contributed by atoms with E-state index >= 15 is 0 Å². The molecule has 0 radical (unpaired) electrons. The van der Waals surface area contributed by atoms with Gasteiger partial charge < -0.3 is 4.74 Å². The molecule has 0 spiro atoms. The van der Waals surface area contributed by atoms with Crippen LogP contribution in [0.2, 0.25) is 0 Å². The number of carbonyl (C=O) groups excluding carboxylic acids is 1. The number of nitrogens with zero attached hydrogens (tertiary/aromatic N) is 2. The van der Waals surface area contributed by atoms with Crippen molar-refractivity contribution < 1.29 is 17.9 Å². The van der Waals surface area contributed by atoms with Crippen molar-refractivity contribution in [2.75, 3.05) is 7.11 Å². The summed E-state index contributed by atoms with van der Waals surface area (Å²) >= 11 is 0. The molecule has 134 valence electrons. The Morgan fingerprint density at radius 2 is 1.73 bits per heavy atom. The molecule has 3 rings (SSSR count). The normalized spacial score (nSPS) is 11.3. The van der Waals surface area contributed by atoms with Gasteiger partial charge in [0.15, 0.2) is 0 Å². The number of methoxy groups -OCH3 is 1.